The van der Waals surface area contributed by atoms with Crippen molar-refractivity contribution in [1.82, 2.24) is 24.7 Å². The van der Waals surface area contributed by atoms with Crippen LogP contribution in [-0.2, 0) is 7.05 Å². The Hall–Kier alpha value is -4.31. The van der Waals surface area contributed by atoms with Crippen molar-refractivity contribution in [3.8, 4) is 17.1 Å². The van der Waals surface area contributed by atoms with E-state index >= 15 is 0 Å². The maximum Gasteiger partial charge on any atom is 0.163 e. The van der Waals surface area contributed by atoms with E-state index in [9.17, 15) is 5.11 Å². The van der Waals surface area contributed by atoms with Gasteiger partial charge in [0.15, 0.2) is 5.82 Å². The third-order valence-corrected chi connectivity index (χ3v) is 5.27. The van der Waals surface area contributed by atoms with Crippen LogP contribution in [0.1, 0.15) is 26.5 Å². The number of aliphatic imine (C=N–C) groups is 1. The fourth-order valence-electron chi connectivity index (χ4n) is 3.53. The molecule has 0 fully saturated rings. The maximum absolute atomic E-state index is 9.89. The molecule has 1 aromatic carbocycles. The van der Waals surface area contributed by atoms with Crippen molar-refractivity contribution < 1.29 is 9.84 Å². The van der Waals surface area contributed by atoms with Crippen molar-refractivity contribution in [3.63, 3.8) is 0 Å². The predicted molar refractivity (Wildman–Crippen MR) is 142 cm³/mol. The molecule has 0 spiro atoms. The number of nitrogens with two attached hydrogens (primary N) is 1. The third kappa shape index (κ3) is 5.84. The number of fused-ring (bicyclic) bond motifs is 1. The van der Waals surface area contributed by atoms with Crippen molar-refractivity contribution in [2.45, 2.75) is 26.4 Å². The largest absolute Gasteiger partial charge is 0.492 e. The predicted octanol–water partition coefficient (Wildman–Crippen LogP) is 3.71. The number of aromatic nitrogens is 5. The monoisotopic (exact) mass is 486 g/mol. The second-order valence-corrected chi connectivity index (χ2v) is 8.90. The third-order valence-electron chi connectivity index (χ3n) is 5.27. The lowest BCUT2D eigenvalue weighted by molar-refractivity contribution is 0.0906. The van der Waals surface area contributed by atoms with Crippen LogP contribution < -0.4 is 15.8 Å². The highest BCUT2D eigenvalue weighted by atomic mass is 16.5. The molecule has 0 atom stereocenters. The number of pyridine rings is 2. The Balaban J connectivity index is 1.62. The van der Waals surface area contributed by atoms with Gasteiger partial charge in [-0.15, -0.1) is 10.2 Å². The Labute approximate surface area is 209 Å². The molecular formula is C26H30N8O2. The molecule has 0 unspecified atom stereocenters. The Morgan fingerprint density at radius 1 is 1.25 bits per heavy atom. The molecular weight excluding hydrogens is 456 g/mol. The van der Waals surface area contributed by atoms with Gasteiger partial charge in [-0.2, -0.15) is 0 Å². The summed E-state index contributed by atoms with van der Waals surface area (Å²) in [6.07, 6.45) is 6.50. The first-order valence-electron chi connectivity index (χ1n) is 11.6. The van der Waals surface area contributed by atoms with Gasteiger partial charge in [0.05, 0.1) is 35.7 Å². The maximum atomic E-state index is 9.89. The standard InChI is InChI=1S/C26H30N8O2/c1-5-36-23-10-17(25-33-30-16-34(25)4)6-9-21(23)32-24-11-22-18(14-29-24)7-8-20(31-22)19(12-27)13-28-15-26(2,3)35/h6-14,16,35H,5,15,27H2,1-4H3,(H,29,32). The van der Waals surface area contributed by atoms with Gasteiger partial charge in [-0.1, -0.05) is 0 Å². The van der Waals surface area contributed by atoms with E-state index in [4.69, 9.17) is 15.5 Å². The molecule has 3 heterocycles. The molecule has 0 radical (unpaired) electrons. The number of anilines is 2. The molecule has 3 aromatic heterocycles. The van der Waals surface area contributed by atoms with Crippen LogP contribution in [0, 0.1) is 0 Å². The van der Waals surface area contributed by atoms with E-state index < -0.39 is 5.60 Å². The summed E-state index contributed by atoms with van der Waals surface area (Å²) in [5.41, 5.74) is 8.67. The van der Waals surface area contributed by atoms with Crippen LogP contribution in [0.4, 0.5) is 11.5 Å². The van der Waals surface area contributed by atoms with Gasteiger partial charge in [-0.25, -0.2) is 9.97 Å². The molecule has 0 saturated carbocycles. The minimum absolute atomic E-state index is 0.257. The van der Waals surface area contributed by atoms with Gasteiger partial charge in [0.2, 0.25) is 0 Å². The summed E-state index contributed by atoms with van der Waals surface area (Å²) in [7, 11) is 1.90. The van der Waals surface area contributed by atoms with Gasteiger partial charge in [-0.05, 0) is 51.1 Å². The number of rotatable bonds is 9. The Morgan fingerprint density at radius 2 is 2.08 bits per heavy atom. The van der Waals surface area contributed by atoms with Crippen molar-refractivity contribution in [2.24, 2.45) is 17.8 Å². The van der Waals surface area contributed by atoms with Crippen molar-refractivity contribution in [2.75, 3.05) is 18.5 Å². The summed E-state index contributed by atoms with van der Waals surface area (Å²) in [6.45, 7) is 6.11. The van der Waals surface area contributed by atoms with E-state index in [1.54, 1.807) is 32.6 Å². The summed E-state index contributed by atoms with van der Waals surface area (Å²) < 4.78 is 7.74. The smallest absolute Gasteiger partial charge is 0.163 e. The average molecular weight is 487 g/mol. The molecule has 10 heteroatoms. The van der Waals surface area contributed by atoms with Gasteiger partial charge in [0.25, 0.3) is 0 Å². The molecule has 4 N–H and O–H groups in total. The number of nitrogens with one attached hydrogen (secondary N) is 1. The first-order chi connectivity index (χ1) is 17.3. The average Bonchev–Trinajstić information content (AvgIpc) is 3.28. The minimum atomic E-state index is -0.897. The van der Waals surface area contributed by atoms with E-state index in [1.165, 1.54) is 6.20 Å². The zero-order valence-corrected chi connectivity index (χ0v) is 20.8. The summed E-state index contributed by atoms with van der Waals surface area (Å²) in [4.78, 5) is 13.6. The molecule has 0 bridgehead atoms. The normalized spacial score (nSPS) is 12.4. The summed E-state index contributed by atoms with van der Waals surface area (Å²) in [5.74, 6) is 2.05. The van der Waals surface area contributed by atoms with Crippen LogP contribution in [-0.4, -0.2) is 54.8 Å². The van der Waals surface area contributed by atoms with Crippen molar-refractivity contribution in [3.05, 3.63) is 60.8 Å². The molecule has 186 valence electrons. The van der Waals surface area contributed by atoms with Crippen LogP contribution in [0.2, 0.25) is 0 Å². The van der Waals surface area contributed by atoms with Gasteiger partial charge in [-0.3, -0.25) is 4.99 Å². The second kappa shape index (κ2) is 10.5. The lowest BCUT2D eigenvalue weighted by Gasteiger charge is -2.14. The molecule has 0 amide bonds. The van der Waals surface area contributed by atoms with E-state index in [0.717, 1.165) is 28.0 Å². The molecule has 0 aliphatic carbocycles. The fourth-order valence-corrected chi connectivity index (χ4v) is 3.53. The van der Waals surface area contributed by atoms with E-state index in [2.05, 4.69) is 25.5 Å². The Kier molecular flexibility index (Phi) is 7.25. The van der Waals surface area contributed by atoms with Gasteiger partial charge < -0.3 is 25.5 Å². The molecule has 36 heavy (non-hydrogen) atoms. The quantitative estimate of drug-likeness (QED) is 0.305. The first-order valence-corrected chi connectivity index (χ1v) is 11.6. The molecule has 0 saturated heterocycles. The Morgan fingerprint density at radius 3 is 2.78 bits per heavy atom. The van der Waals surface area contributed by atoms with Crippen LogP contribution >= 0.6 is 0 Å². The highest BCUT2D eigenvalue weighted by Crippen LogP contribution is 2.32. The summed E-state index contributed by atoms with van der Waals surface area (Å²) in [6, 6.07) is 11.5. The van der Waals surface area contributed by atoms with Gasteiger partial charge >= 0.3 is 0 Å². The topological polar surface area (TPSA) is 136 Å². The molecule has 0 aliphatic heterocycles. The van der Waals surface area contributed by atoms with E-state index in [1.807, 2.05) is 54.9 Å². The number of aryl methyl sites for hydroxylation is 1. The fraction of sp³-hybridized carbons (Fsp3) is 0.269. The second-order valence-electron chi connectivity index (χ2n) is 8.90. The van der Waals surface area contributed by atoms with Gasteiger partial charge in [0.1, 0.15) is 17.9 Å². The van der Waals surface area contributed by atoms with Crippen LogP contribution in [0.5, 0.6) is 5.75 Å². The van der Waals surface area contributed by atoms with Crippen molar-refractivity contribution >= 4 is 34.2 Å². The van der Waals surface area contributed by atoms with Gasteiger partial charge in [0, 0.05) is 48.2 Å². The van der Waals surface area contributed by atoms with Crippen molar-refractivity contribution in [1.29, 1.82) is 0 Å². The zero-order valence-electron chi connectivity index (χ0n) is 20.8. The SMILES string of the molecule is CCOc1cc(-c2nncn2C)ccc1Nc1cc2nc(C(C=NCC(C)(C)O)=CN)ccc2cn1. The number of hydrogen-bond acceptors (Lipinski definition) is 9. The molecule has 10 nitrogen and oxygen atoms in total. The summed E-state index contributed by atoms with van der Waals surface area (Å²) in [5, 5.41) is 22.2. The highest BCUT2D eigenvalue weighted by molar-refractivity contribution is 6.09. The van der Waals surface area contributed by atoms with E-state index in [-0.39, 0.29) is 6.54 Å². The van der Waals surface area contributed by atoms with Crippen LogP contribution in [0.15, 0.2) is 60.1 Å². The minimum Gasteiger partial charge on any atom is -0.492 e. The number of benzene rings is 1. The highest BCUT2D eigenvalue weighted by Gasteiger charge is 2.13. The van der Waals surface area contributed by atoms with Crippen LogP contribution in [0.3, 0.4) is 0 Å². The molecule has 0 aliphatic rings. The lowest BCUT2D eigenvalue weighted by Crippen LogP contribution is -2.22. The lowest BCUT2D eigenvalue weighted by atomic mass is 10.1. The number of nitrogens with zero attached hydrogens (tertiary/aromatic N) is 6. The zero-order chi connectivity index (χ0) is 25.7. The van der Waals surface area contributed by atoms with Crippen LogP contribution in [0.25, 0.3) is 27.9 Å². The first kappa shape index (κ1) is 24.8. The molecule has 4 rings (SSSR count). The molecule has 4 aromatic rings. The number of allylic oxidation sites excluding steroid dienone is 1. The number of hydrogen-bond donors (Lipinski definition) is 3. The summed E-state index contributed by atoms with van der Waals surface area (Å²) >= 11 is 0. The Bertz CT molecular complexity index is 1420. The number of ether oxygens (including phenoxy) is 1. The van der Waals surface area contributed by atoms with E-state index in [0.29, 0.717) is 29.4 Å². The number of aliphatic hydroxyl groups is 1.